The molecule has 0 heterocycles. The first-order valence-corrected chi connectivity index (χ1v) is 6.06. The molecule has 0 amide bonds. The van der Waals surface area contributed by atoms with E-state index in [2.05, 4.69) is 63.4 Å². The number of allylic oxidation sites excluding steroid dienone is 1. The summed E-state index contributed by atoms with van der Waals surface area (Å²) in [4.78, 5) is 0. The molecule has 0 bridgehead atoms. The lowest BCUT2D eigenvalue weighted by Crippen LogP contribution is -2.19. The van der Waals surface area contributed by atoms with Crippen LogP contribution in [0.5, 0.6) is 0 Å². The molecule has 0 aliphatic heterocycles. The minimum absolute atomic E-state index is 0.434. The maximum Gasteiger partial charge on any atom is 0.0292 e. The molecule has 1 aromatic rings. The van der Waals surface area contributed by atoms with Crippen LogP contribution in [0, 0.1) is 13.8 Å². The second-order valence-electron chi connectivity index (χ2n) is 4.45. The van der Waals surface area contributed by atoms with Crippen molar-refractivity contribution in [3.63, 3.8) is 0 Å². The van der Waals surface area contributed by atoms with Crippen LogP contribution in [0.4, 0.5) is 0 Å². The Morgan fingerprint density at radius 3 is 2.38 bits per heavy atom. The van der Waals surface area contributed by atoms with E-state index in [1.165, 1.54) is 16.7 Å². The van der Waals surface area contributed by atoms with Crippen LogP contribution in [-0.4, -0.2) is 6.54 Å². The zero-order valence-electron chi connectivity index (χ0n) is 10.9. The van der Waals surface area contributed by atoms with Crippen LogP contribution in [-0.2, 0) is 0 Å². The van der Waals surface area contributed by atoms with Crippen molar-refractivity contribution in [1.29, 1.82) is 0 Å². The molecule has 0 spiro atoms. The standard InChI is InChI=1S/C15H23N/c1-5-6-7-8-16-14(4)15-10-12(2)9-13(3)11-15/h5-6,9-11,14,16H,7-8H2,1-4H3/b6-5+. The monoisotopic (exact) mass is 217 g/mol. The van der Waals surface area contributed by atoms with E-state index >= 15 is 0 Å². The Kier molecular flexibility index (Phi) is 5.27. The maximum absolute atomic E-state index is 3.54. The number of benzene rings is 1. The Bertz CT molecular complexity index is 332. The molecule has 0 aromatic heterocycles. The fraction of sp³-hybridized carbons (Fsp3) is 0.467. The second-order valence-corrected chi connectivity index (χ2v) is 4.45. The highest BCUT2D eigenvalue weighted by molar-refractivity contribution is 5.30. The number of hydrogen-bond acceptors (Lipinski definition) is 1. The predicted molar refractivity (Wildman–Crippen MR) is 71.8 cm³/mol. The zero-order chi connectivity index (χ0) is 12.0. The van der Waals surface area contributed by atoms with Crippen LogP contribution in [0.3, 0.4) is 0 Å². The van der Waals surface area contributed by atoms with Gasteiger partial charge in [0.25, 0.3) is 0 Å². The molecule has 1 aromatic carbocycles. The van der Waals surface area contributed by atoms with E-state index in [-0.39, 0.29) is 0 Å². The quantitative estimate of drug-likeness (QED) is 0.582. The third kappa shape index (κ3) is 4.19. The summed E-state index contributed by atoms with van der Waals surface area (Å²) in [6, 6.07) is 7.18. The molecule has 1 heteroatoms. The lowest BCUT2D eigenvalue weighted by Gasteiger charge is -2.15. The van der Waals surface area contributed by atoms with E-state index in [4.69, 9.17) is 0 Å². The van der Waals surface area contributed by atoms with Gasteiger partial charge in [0, 0.05) is 6.04 Å². The molecule has 0 fully saturated rings. The van der Waals surface area contributed by atoms with E-state index < -0.39 is 0 Å². The van der Waals surface area contributed by atoms with Gasteiger partial charge in [0.15, 0.2) is 0 Å². The summed E-state index contributed by atoms with van der Waals surface area (Å²) in [6.07, 6.45) is 5.40. The van der Waals surface area contributed by atoms with Crippen molar-refractivity contribution in [3.05, 3.63) is 47.0 Å². The van der Waals surface area contributed by atoms with Crippen molar-refractivity contribution in [2.24, 2.45) is 0 Å². The largest absolute Gasteiger partial charge is 0.310 e. The molecule has 16 heavy (non-hydrogen) atoms. The van der Waals surface area contributed by atoms with Gasteiger partial charge in [-0.15, -0.1) is 0 Å². The zero-order valence-corrected chi connectivity index (χ0v) is 10.9. The number of nitrogens with one attached hydrogen (secondary N) is 1. The van der Waals surface area contributed by atoms with Gasteiger partial charge in [-0.1, -0.05) is 41.5 Å². The fourth-order valence-corrected chi connectivity index (χ4v) is 1.93. The molecule has 0 aliphatic carbocycles. The molecule has 0 radical (unpaired) electrons. The molecule has 1 rings (SSSR count). The maximum atomic E-state index is 3.54. The number of aryl methyl sites for hydroxylation is 2. The second kappa shape index (κ2) is 6.49. The SMILES string of the molecule is C/C=C/CCNC(C)c1cc(C)cc(C)c1. The average Bonchev–Trinajstić information content (AvgIpc) is 2.22. The van der Waals surface area contributed by atoms with Gasteiger partial charge in [-0.3, -0.25) is 0 Å². The third-order valence-electron chi connectivity index (χ3n) is 2.74. The highest BCUT2D eigenvalue weighted by Gasteiger charge is 2.04. The summed E-state index contributed by atoms with van der Waals surface area (Å²) in [7, 11) is 0. The Labute approximate surface area is 99.6 Å². The molecular formula is C15H23N. The summed E-state index contributed by atoms with van der Waals surface area (Å²) in [5.41, 5.74) is 4.08. The van der Waals surface area contributed by atoms with Gasteiger partial charge in [-0.05, 0) is 46.2 Å². The average molecular weight is 217 g/mol. The minimum Gasteiger partial charge on any atom is -0.310 e. The van der Waals surface area contributed by atoms with Crippen molar-refractivity contribution < 1.29 is 0 Å². The van der Waals surface area contributed by atoms with Gasteiger partial charge < -0.3 is 5.32 Å². The van der Waals surface area contributed by atoms with E-state index in [9.17, 15) is 0 Å². The van der Waals surface area contributed by atoms with Crippen LogP contribution < -0.4 is 5.32 Å². The van der Waals surface area contributed by atoms with Crippen LogP contribution >= 0.6 is 0 Å². The Balaban J connectivity index is 2.55. The first kappa shape index (κ1) is 13.0. The van der Waals surface area contributed by atoms with Crippen molar-refractivity contribution in [3.8, 4) is 0 Å². The third-order valence-corrected chi connectivity index (χ3v) is 2.74. The summed E-state index contributed by atoms with van der Waals surface area (Å²) in [5, 5.41) is 3.54. The van der Waals surface area contributed by atoms with Crippen LogP contribution in [0.25, 0.3) is 0 Å². The van der Waals surface area contributed by atoms with Crippen molar-refractivity contribution in [2.75, 3.05) is 6.54 Å². The minimum atomic E-state index is 0.434. The van der Waals surface area contributed by atoms with E-state index in [1.807, 2.05) is 0 Å². The van der Waals surface area contributed by atoms with Crippen molar-refractivity contribution >= 4 is 0 Å². The molecule has 0 aliphatic rings. The van der Waals surface area contributed by atoms with E-state index in [0.29, 0.717) is 6.04 Å². The fourth-order valence-electron chi connectivity index (χ4n) is 1.93. The molecule has 88 valence electrons. The molecule has 1 unspecified atom stereocenters. The van der Waals surface area contributed by atoms with Crippen molar-refractivity contribution in [1.82, 2.24) is 5.32 Å². The van der Waals surface area contributed by atoms with Crippen molar-refractivity contribution in [2.45, 2.75) is 40.2 Å². The predicted octanol–water partition coefficient (Wildman–Crippen LogP) is 3.92. The van der Waals surface area contributed by atoms with E-state index in [1.54, 1.807) is 0 Å². The van der Waals surface area contributed by atoms with Gasteiger partial charge in [0.1, 0.15) is 0 Å². The first-order valence-electron chi connectivity index (χ1n) is 6.06. The van der Waals surface area contributed by atoms with Gasteiger partial charge in [-0.2, -0.15) is 0 Å². The molecular weight excluding hydrogens is 194 g/mol. The Hall–Kier alpha value is -1.08. The van der Waals surface area contributed by atoms with E-state index in [0.717, 1.165) is 13.0 Å². The lowest BCUT2D eigenvalue weighted by atomic mass is 10.0. The molecule has 0 saturated heterocycles. The number of rotatable bonds is 5. The van der Waals surface area contributed by atoms with Gasteiger partial charge in [-0.25, -0.2) is 0 Å². The van der Waals surface area contributed by atoms with Gasteiger partial charge >= 0.3 is 0 Å². The molecule has 1 nitrogen and oxygen atoms in total. The summed E-state index contributed by atoms with van der Waals surface area (Å²) < 4.78 is 0. The van der Waals surface area contributed by atoms with Crippen LogP contribution in [0.2, 0.25) is 0 Å². The summed E-state index contributed by atoms with van der Waals surface area (Å²) in [5.74, 6) is 0. The topological polar surface area (TPSA) is 12.0 Å². The molecule has 0 saturated carbocycles. The normalized spacial score (nSPS) is 13.2. The van der Waals surface area contributed by atoms with Gasteiger partial charge in [0.2, 0.25) is 0 Å². The number of hydrogen-bond donors (Lipinski definition) is 1. The first-order chi connectivity index (χ1) is 7.63. The Morgan fingerprint density at radius 1 is 1.19 bits per heavy atom. The molecule has 1 N–H and O–H groups in total. The molecule has 1 atom stereocenters. The van der Waals surface area contributed by atoms with Crippen LogP contribution in [0.1, 0.15) is 43.0 Å². The smallest absolute Gasteiger partial charge is 0.0292 e. The highest BCUT2D eigenvalue weighted by atomic mass is 14.9. The van der Waals surface area contributed by atoms with Crippen LogP contribution in [0.15, 0.2) is 30.4 Å². The Morgan fingerprint density at radius 2 is 1.81 bits per heavy atom. The van der Waals surface area contributed by atoms with Gasteiger partial charge in [0.05, 0.1) is 0 Å². The lowest BCUT2D eigenvalue weighted by molar-refractivity contribution is 0.580. The summed E-state index contributed by atoms with van der Waals surface area (Å²) >= 11 is 0. The summed E-state index contributed by atoms with van der Waals surface area (Å²) in [6.45, 7) is 9.64. The highest BCUT2D eigenvalue weighted by Crippen LogP contribution is 2.16.